The SMILES string of the molecule is COc1ccccc1C(=O)NC(=S)Nc1ccc(Cl)c(-c2ccc(CO)o2)c1. The minimum atomic E-state index is -0.386. The molecule has 3 rings (SSSR count). The number of thiocarbonyl (C=S) groups is 1. The molecule has 0 aliphatic heterocycles. The second kappa shape index (κ2) is 8.88. The highest BCUT2D eigenvalue weighted by atomic mass is 35.5. The zero-order valence-corrected chi connectivity index (χ0v) is 16.4. The van der Waals surface area contributed by atoms with Crippen LogP contribution in [0.2, 0.25) is 5.02 Å². The maximum atomic E-state index is 12.4. The van der Waals surface area contributed by atoms with Crippen LogP contribution in [0.5, 0.6) is 5.75 Å². The molecule has 1 amide bonds. The van der Waals surface area contributed by atoms with Gasteiger partial charge in [-0.1, -0.05) is 23.7 Å². The van der Waals surface area contributed by atoms with Crippen molar-refractivity contribution < 1.29 is 19.1 Å². The molecule has 2 aromatic carbocycles. The van der Waals surface area contributed by atoms with Crippen LogP contribution >= 0.6 is 23.8 Å². The first-order chi connectivity index (χ1) is 13.5. The summed E-state index contributed by atoms with van der Waals surface area (Å²) >= 11 is 11.5. The highest BCUT2D eigenvalue weighted by Gasteiger charge is 2.14. The van der Waals surface area contributed by atoms with Crippen molar-refractivity contribution in [3.63, 3.8) is 0 Å². The van der Waals surface area contributed by atoms with Crippen LogP contribution in [0.4, 0.5) is 5.69 Å². The van der Waals surface area contributed by atoms with Crippen molar-refractivity contribution in [3.05, 3.63) is 70.9 Å². The minimum Gasteiger partial charge on any atom is -0.496 e. The van der Waals surface area contributed by atoms with Crippen LogP contribution in [-0.4, -0.2) is 23.2 Å². The number of carbonyl (C=O) groups is 1. The van der Waals surface area contributed by atoms with Crippen LogP contribution < -0.4 is 15.4 Å². The number of methoxy groups -OCH3 is 1. The van der Waals surface area contributed by atoms with E-state index in [0.717, 1.165) is 0 Å². The maximum absolute atomic E-state index is 12.4. The van der Waals surface area contributed by atoms with Gasteiger partial charge in [-0.2, -0.15) is 0 Å². The van der Waals surface area contributed by atoms with Crippen molar-refractivity contribution in [3.8, 4) is 17.1 Å². The Bertz CT molecular complexity index is 1020. The predicted octanol–water partition coefficient (Wildman–Crippen LogP) is 4.23. The van der Waals surface area contributed by atoms with Gasteiger partial charge in [0.1, 0.15) is 23.9 Å². The number of amides is 1. The molecule has 0 aliphatic carbocycles. The number of para-hydroxylation sites is 1. The summed E-state index contributed by atoms with van der Waals surface area (Å²) in [6.45, 7) is -0.200. The molecule has 1 heterocycles. The van der Waals surface area contributed by atoms with Crippen LogP contribution in [0.1, 0.15) is 16.1 Å². The van der Waals surface area contributed by atoms with E-state index in [2.05, 4.69) is 10.6 Å². The van der Waals surface area contributed by atoms with Crippen molar-refractivity contribution in [2.45, 2.75) is 6.61 Å². The second-order valence-electron chi connectivity index (χ2n) is 5.73. The average Bonchev–Trinajstić information content (AvgIpc) is 3.18. The Hall–Kier alpha value is -2.87. The van der Waals surface area contributed by atoms with Gasteiger partial charge in [-0.25, -0.2) is 0 Å². The fourth-order valence-electron chi connectivity index (χ4n) is 2.56. The molecule has 6 nitrogen and oxygen atoms in total. The number of hydrogen-bond donors (Lipinski definition) is 3. The van der Waals surface area contributed by atoms with Gasteiger partial charge in [0.2, 0.25) is 0 Å². The Morgan fingerprint density at radius 2 is 2.00 bits per heavy atom. The number of furan rings is 1. The molecule has 3 N–H and O–H groups in total. The molecule has 0 saturated carbocycles. The molecule has 0 atom stereocenters. The van der Waals surface area contributed by atoms with E-state index in [9.17, 15) is 4.79 Å². The molecule has 144 valence electrons. The number of rotatable bonds is 5. The summed E-state index contributed by atoms with van der Waals surface area (Å²) in [6.07, 6.45) is 0. The molecule has 0 aliphatic rings. The molecule has 0 unspecified atom stereocenters. The zero-order valence-electron chi connectivity index (χ0n) is 14.9. The standard InChI is InChI=1S/C20H17ClN2O4S/c1-26-17-5-3-2-4-14(17)19(25)23-20(28)22-12-6-8-16(21)15(10-12)18-9-7-13(11-24)27-18/h2-10,24H,11H2,1H3,(H2,22,23,25,28). The van der Waals surface area contributed by atoms with E-state index in [-0.39, 0.29) is 17.6 Å². The summed E-state index contributed by atoms with van der Waals surface area (Å²) in [5.41, 5.74) is 1.62. The Morgan fingerprint density at radius 1 is 1.21 bits per heavy atom. The summed E-state index contributed by atoms with van der Waals surface area (Å²) in [6, 6.07) is 15.4. The third-order valence-corrected chi connectivity index (χ3v) is 4.42. The second-order valence-corrected chi connectivity index (χ2v) is 6.54. The number of aliphatic hydroxyl groups excluding tert-OH is 1. The largest absolute Gasteiger partial charge is 0.496 e. The summed E-state index contributed by atoms with van der Waals surface area (Å²) < 4.78 is 10.7. The lowest BCUT2D eigenvalue weighted by Crippen LogP contribution is -2.34. The Morgan fingerprint density at radius 3 is 2.71 bits per heavy atom. The Balaban J connectivity index is 1.73. The van der Waals surface area contributed by atoms with E-state index in [1.807, 2.05) is 0 Å². The van der Waals surface area contributed by atoms with Crippen LogP contribution in [-0.2, 0) is 6.61 Å². The summed E-state index contributed by atoms with van der Waals surface area (Å²) in [4.78, 5) is 12.4. The molecular weight excluding hydrogens is 400 g/mol. The minimum absolute atomic E-state index is 0.125. The number of halogens is 1. The van der Waals surface area contributed by atoms with Crippen molar-refractivity contribution >= 4 is 40.5 Å². The van der Waals surface area contributed by atoms with Crippen molar-refractivity contribution in [1.29, 1.82) is 0 Å². The van der Waals surface area contributed by atoms with E-state index in [1.165, 1.54) is 7.11 Å². The van der Waals surface area contributed by atoms with Crippen LogP contribution in [0.25, 0.3) is 11.3 Å². The third-order valence-electron chi connectivity index (χ3n) is 3.89. The van der Waals surface area contributed by atoms with Gasteiger partial charge in [-0.05, 0) is 54.7 Å². The fraction of sp³-hybridized carbons (Fsp3) is 0.100. The molecule has 3 aromatic rings. The lowest BCUT2D eigenvalue weighted by molar-refractivity contribution is 0.0975. The summed E-state index contributed by atoms with van der Waals surface area (Å²) in [7, 11) is 1.49. The van der Waals surface area contributed by atoms with Gasteiger partial charge in [0.15, 0.2) is 5.11 Å². The Kier molecular flexibility index (Phi) is 6.30. The molecular formula is C20H17ClN2O4S. The third kappa shape index (κ3) is 4.51. The van der Waals surface area contributed by atoms with Gasteiger partial charge in [0.25, 0.3) is 5.91 Å². The monoisotopic (exact) mass is 416 g/mol. The van der Waals surface area contributed by atoms with Crippen molar-refractivity contribution in [2.75, 3.05) is 12.4 Å². The quantitative estimate of drug-likeness (QED) is 0.540. The smallest absolute Gasteiger partial charge is 0.261 e. The Labute approximate surface area is 172 Å². The molecule has 0 radical (unpaired) electrons. The molecule has 0 fully saturated rings. The van der Waals surface area contributed by atoms with E-state index < -0.39 is 0 Å². The molecule has 28 heavy (non-hydrogen) atoms. The molecule has 8 heteroatoms. The predicted molar refractivity (Wildman–Crippen MR) is 112 cm³/mol. The van der Waals surface area contributed by atoms with Crippen molar-refractivity contribution in [2.24, 2.45) is 0 Å². The van der Waals surface area contributed by atoms with Gasteiger partial charge in [-0.3, -0.25) is 10.1 Å². The first kappa shape index (κ1) is 19.9. The number of benzene rings is 2. The highest BCUT2D eigenvalue weighted by Crippen LogP contribution is 2.32. The number of anilines is 1. The fourth-order valence-corrected chi connectivity index (χ4v) is 2.99. The first-order valence-electron chi connectivity index (χ1n) is 8.26. The average molecular weight is 417 g/mol. The molecule has 0 bridgehead atoms. The van der Waals surface area contributed by atoms with Gasteiger partial charge in [0, 0.05) is 11.3 Å². The van der Waals surface area contributed by atoms with Crippen LogP contribution in [0.3, 0.4) is 0 Å². The number of ether oxygens (including phenoxy) is 1. The van der Waals surface area contributed by atoms with Gasteiger partial charge in [-0.15, -0.1) is 0 Å². The van der Waals surface area contributed by atoms with Gasteiger partial charge in [0.05, 0.1) is 17.7 Å². The van der Waals surface area contributed by atoms with Crippen LogP contribution in [0, 0.1) is 0 Å². The summed E-state index contributed by atoms with van der Waals surface area (Å²) in [5, 5.41) is 15.3. The van der Waals surface area contributed by atoms with Gasteiger partial charge < -0.3 is 19.6 Å². The summed E-state index contributed by atoms with van der Waals surface area (Å²) in [5.74, 6) is 1.02. The lowest BCUT2D eigenvalue weighted by Gasteiger charge is -2.12. The number of nitrogens with one attached hydrogen (secondary N) is 2. The topological polar surface area (TPSA) is 83.7 Å². The number of carbonyl (C=O) groups excluding carboxylic acids is 1. The lowest BCUT2D eigenvalue weighted by atomic mass is 10.1. The van der Waals surface area contributed by atoms with Gasteiger partial charge >= 0.3 is 0 Å². The molecule has 0 saturated heterocycles. The zero-order chi connectivity index (χ0) is 20.1. The normalized spacial score (nSPS) is 10.4. The molecule has 1 aromatic heterocycles. The van der Waals surface area contributed by atoms with Crippen molar-refractivity contribution in [1.82, 2.24) is 5.32 Å². The number of aliphatic hydroxyl groups is 1. The first-order valence-corrected chi connectivity index (χ1v) is 9.05. The van der Waals surface area contributed by atoms with E-state index in [0.29, 0.717) is 39.1 Å². The van der Waals surface area contributed by atoms with E-state index in [1.54, 1.807) is 54.6 Å². The van der Waals surface area contributed by atoms with E-state index >= 15 is 0 Å². The molecule has 0 spiro atoms. The van der Waals surface area contributed by atoms with E-state index in [4.69, 9.17) is 38.1 Å². The van der Waals surface area contributed by atoms with Crippen LogP contribution in [0.15, 0.2) is 59.0 Å². The maximum Gasteiger partial charge on any atom is 0.261 e. The highest BCUT2D eigenvalue weighted by molar-refractivity contribution is 7.80. The number of hydrogen-bond acceptors (Lipinski definition) is 5.